The first-order valence-corrected chi connectivity index (χ1v) is 7.27. The Morgan fingerprint density at radius 2 is 2.11 bits per heavy atom. The molecule has 1 rings (SSSR count). The number of nitrogen functional groups attached to an aromatic ring is 1. The lowest BCUT2D eigenvalue weighted by molar-refractivity contribution is 0.463. The summed E-state index contributed by atoms with van der Waals surface area (Å²) in [5, 5.41) is 0. The highest BCUT2D eigenvalue weighted by molar-refractivity contribution is 7.89. The number of nitrogens with two attached hydrogens (primary N) is 1. The van der Waals surface area contributed by atoms with Gasteiger partial charge in [-0.15, -0.1) is 6.58 Å². The lowest BCUT2D eigenvalue weighted by Gasteiger charge is -2.18. The van der Waals surface area contributed by atoms with E-state index < -0.39 is 10.0 Å². The number of anilines is 1. The minimum Gasteiger partial charge on any atom is -0.398 e. The van der Waals surface area contributed by atoms with Crippen molar-refractivity contribution in [3.05, 3.63) is 36.4 Å². The van der Waals surface area contributed by atoms with Crippen LogP contribution in [0.15, 0.2) is 35.7 Å². The van der Waals surface area contributed by atoms with E-state index in [-0.39, 0.29) is 4.90 Å². The number of benzene rings is 1. The van der Waals surface area contributed by atoms with Gasteiger partial charge in [-0.25, -0.2) is 12.7 Å². The highest BCUT2D eigenvalue weighted by Crippen LogP contribution is 2.22. The summed E-state index contributed by atoms with van der Waals surface area (Å²) in [5.41, 5.74) is 7.02. The second-order valence-electron chi connectivity index (χ2n) is 4.30. The van der Waals surface area contributed by atoms with Crippen LogP contribution in [0.4, 0.5) is 5.69 Å². The van der Waals surface area contributed by atoms with Crippen LogP contribution in [-0.4, -0.2) is 26.3 Å². The molecule has 0 unspecified atom stereocenters. The van der Waals surface area contributed by atoms with Gasteiger partial charge < -0.3 is 5.73 Å². The third-order valence-corrected chi connectivity index (χ3v) is 4.67. The first-order chi connectivity index (χ1) is 8.39. The van der Waals surface area contributed by atoms with Crippen LogP contribution in [0.1, 0.15) is 18.4 Å². The molecule has 0 fully saturated rings. The van der Waals surface area contributed by atoms with Gasteiger partial charge in [0.2, 0.25) is 10.0 Å². The molecule has 0 heterocycles. The number of hydrogen-bond donors (Lipinski definition) is 1. The fourth-order valence-corrected chi connectivity index (χ4v) is 2.95. The molecule has 0 radical (unpaired) electrons. The highest BCUT2D eigenvalue weighted by Gasteiger charge is 2.22. The zero-order valence-electron chi connectivity index (χ0n) is 10.9. The van der Waals surface area contributed by atoms with Crippen molar-refractivity contribution in [2.24, 2.45) is 0 Å². The maximum Gasteiger partial charge on any atom is 0.244 e. The number of allylic oxidation sites excluding steroid dienone is 1. The predicted molar refractivity (Wildman–Crippen MR) is 74.8 cm³/mol. The predicted octanol–water partition coefficient (Wildman–Crippen LogP) is 2.16. The monoisotopic (exact) mass is 268 g/mol. The molecule has 5 heteroatoms. The SMILES string of the molecule is C=CCCCN(C)S(=O)(=O)c1ccc(C)cc1N. The molecular weight excluding hydrogens is 248 g/mol. The summed E-state index contributed by atoms with van der Waals surface area (Å²) in [6, 6.07) is 4.98. The standard InChI is InChI=1S/C13H20N2O2S/c1-4-5-6-9-15(3)18(16,17)13-8-7-11(2)10-12(13)14/h4,7-8,10H,1,5-6,9,14H2,2-3H3. The van der Waals surface area contributed by atoms with Gasteiger partial charge in [-0.2, -0.15) is 0 Å². The van der Waals surface area contributed by atoms with Gasteiger partial charge in [0, 0.05) is 13.6 Å². The second-order valence-corrected chi connectivity index (χ2v) is 6.31. The van der Waals surface area contributed by atoms with Gasteiger partial charge in [-0.3, -0.25) is 0 Å². The van der Waals surface area contributed by atoms with Gasteiger partial charge in [-0.1, -0.05) is 12.1 Å². The van der Waals surface area contributed by atoms with E-state index in [1.165, 1.54) is 4.31 Å². The average Bonchev–Trinajstić information content (AvgIpc) is 2.28. The highest BCUT2D eigenvalue weighted by atomic mass is 32.2. The van der Waals surface area contributed by atoms with Crippen LogP contribution in [0.3, 0.4) is 0 Å². The fraction of sp³-hybridized carbons (Fsp3) is 0.385. The van der Waals surface area contributed by atoms with Crippen LogP contribution in [0.25, 0.3) is 0 Å². The molecule has 0 amide bonds. The quantitative estimate of drug-likeness (QED) is 0.488. The lowest BCUT2D eigenvalue weighted by atomic mass is 10.2. The summed E-state index contributed by atoms with van der Waals surface area (Å²) in [6.45, 7) is 5.95. The Labute approximate surface area is 109 Å². The zero-order valence-corrected chi connectivity index (χ0v) is 11.7. The Balaban J connectivity index is 2.94. The Bertz CT molecular complexity index is 524. The molecule has 0 bridgehead atoms. The summed E-state index contributed by atoms with van der Waals surface area (Å²) in [5.74, 6) is 0. The summed E-state index contributed by atoms with van der Waals surface area (Å²) >= 11 is 0. The first-order valence-electron chi connectivity index (χ1n) is 5.83. The van der Waals surface area contributed by atoms with Gasteiger partial charge in [0.25, 0.3) is 0 Å². The van der Waals surface area contributed by atoms with E-state index in [2.05, 4.69) is 6.58 Å². The van der Waals surface area contributed by atoms with Crippen LogP contribution < -0.4 is 5.73 Å². The maximum atomic E-state index is 12.3. The Hall–Kier alpha value is -1.33. The van der Waals surface area contributed by atoms with E-state index in [1.807, 2.05) is 6.92 Å². The zero-order chi connectivity index (χ0) is 13.8. The number of nitrogens with zero attached hydrogens (tertiary/aromatic N) is 1. The number of aryl methyl sites for hydroxylation is 1. The van der Waals surface area contributed by atoms with Crippen molar-refractivity contribution >= 4 is 15.7 Å². The Kier molecular flexibility index (Phi) is 4.93. The number of hydrogen-bond acceptors (Lipinski definition) is 3. The van der Waals surface area contributed by atoms with Crippen molar-refractivity contribution in [3.63, 3.8) is 0 Å². The Morgan fingerprint density at radius 3 is 2.67 bits per heavy atom. The van der Waals surface area contributed by atoms with Crippen LogP contribution in [0, 0.1) is 6.92 Å². The molecule has 0 saturated carbocycles. The van der Waals surface area contributed by atoms with Crippen LogP contribution in [0.5, 0.6) is 0 Å². The molecule has 4 nitrogen and oxygen atoms in total. The maximum absolute atomic E-state index is 12.3. The fourth-order valence-electron chi connectivity index (χ4n) is 1.65. The summed E-state index contributed by atoms with van der Waals surface area (Å²) in [6.07, 6.45) is 3.33. The molecular formula is C13H20N2O2S. The minimum absolute atomic E-state index is 0.175. The number of sulfonamides is 1. The van der Waals surface area contributed by atoms with Crippen molar-refractivity contribution in [1.29, 1.82) is 0 Å². The van der Waals surface area contributed by atoms with E-state index in [1.54, 1.807) is 31.3 Å². The van der Waals surface area contributed by atoms with E-state index in [9.17, 15) is 8.42 Å². The van der Waals surface area contributed by atoms with Crippen molar-refractivity contribution < 1.29 is 8.42 Å². The van der Waals surface area contributed by atoms with E-state index in [4.69, 9.17) is 5.73 Å². The molecule has 0 aliphatic carbocycles. The average molecular weight is 268 g/mol. The third-order valence-electron chi connectivity index (χ3n) is 2.73. The summed E-state index contributed by atoms with van der Waals surface area (Å²) in [7, 11) is -1.93. The molecule has 0 aromatic heterocycles. The van der Waals surface area contributed by atoms with Crippen molar-refractivity contribution in [1.82, 2.24) is 4.31 Å². The van der Waals surface area contributed by atoms with Crippen LogP contribution in [-0.2, 0) is 10.0 Å². The molecule has 1 aromatic rings. The largest absolute Gasteiger partial charge is 0.398 e. The molecule has 0 saturated heterocycles. The molecule has 100 valence electrons. The minimum atomic E-state index is -3.49. The van der Waals surface area contributed by atoms with Crippen molar-refractivity contribution in [3.8, 4) is 0 Å². The molecule has 2 N–H and O–H groups in total. The second kappa shape index (κ2) is 6.02. The van der Waals surface area contributed by atoms with Gasteiger partial charge in [-0.05, 0) is 37.5 Å². The molecule has 0 spiro atoms. The molecule has 18 heavy (non-hydrogen) atoms. The lowest BCUT2D eigenvalue weighted by Crippen LogP contribution is -2.28. The van der Waals surface area contributed by atoms with Gasteiger partial charge in [0.15, 0.2) is 0 Å². The molecule has 0 aliphatic rings. The van der Waals surface area contributed by atoms with Gasteiger partial charge in [0.05, 0.1) is 5.69 Å². The van der Waals surface area contributed by atoms with E-state index in [0.29, 0.717) is 12.2 Å². The Morgan fingerprint density at radius 1 is 1.44 bits per heavy atom. The van der Waals surface area contributed by atoms with E-state index in [0.717, 1.165) is 18.4 Å². The molecule has 1 aromatic carbocycles. The summed E-state index contributed by atoms with van der Waals surface area (Å²) < 4.78 is 25.9. The van der Waals surface area contributed by atoms with Crippen LogP contribution >= 0.6 is 0 Å². The van der Waals surface area contributed by atoms with Crippen molar-refractivity contribution in [2.45, 2.75) is 24.7 Å². The van der Waals surface area contributed by atoms with E-state index >= 15 is 0 Å². The molecule has 0 atom stereocenters. The smallest absolute Gasteiger partial charge is 0.244 e. The third kappa shape index (κ3) is 3.34. The van der Waals surface area contributed by atoms with Gasteiger partial charge in [0.1, 0.15) is 4.90 Å². The normalized spacial score (nSPS) is 11.7. The molecule has 0 aliphatic heterocycles. The topological polar surface area (TPSA) is 63.4 Å². The number of rotatable bonds is 6. The first kappa shape index (κ1) is 14.7. The van der Waals surface area contributed by atoms with Crippen LogP contribution in [0.2, 0.25) is 0 Å². The van der Waals surface area contributed by atoms with Crippen molar-refractivity contribution in [2.75, 3.05) is 19.3 Å². The summed E-state index contributed by atoms with van der Waals surface area (Å²) in [4.78, 5) is 0.175. The number of unbranched alkanes of at least 4 members (excludes halogenated alkanes) is 1. The van der Waals surface area contributed by atoms with Gasteiger partial charge >= 0.3 is 0 Å².